The third-order valence-electron chi connectivity index (χ3n) is 5.93. The molecule has 0 atom stereocenters. The van der Waals surface area contributed by atoms with Crippen molar-refractivity contribution in [3.63, 3.8) is 0 Å². The number of thioether (sulfide) groups is 1. The number of hydrogen-bond acceptors (Lipinski definition) is 4. The summed E-state index contributed by atoms with van der Waals surface area (Å²) in [5, 5.41) is 1.16. The zero-order valence-electron chi connectivity index (χ0n) is 16.9. The number of nitrogens with zero attached hydrogens (tertiary/aromatic N) is 3. The molecule has 0 bridgehead atoms. The second-order valence-electron chi connectivity index (χ2n) is 8.20. The highest BCUT2D eigenvalue weighted by molar-refractivity contribution is 7.98. The van der Waals surface area contributed by atoms with Crippen LogP contribution in [0.2, 0.25) is 5.02 Å². The molecule has 3 aromatic rings. The SMILES string of the molecule is O=S(=O)(c1ccc2c(c1)nc(SCc1c(F)cccc1Cl)n2CC1CC1)N1CCCC1. The van der Waals surface area contributed by atoms with Crippen molar-refractivity contribution >= 4 is 44.4 Å². The first-order valence-corrected chi connectivity index (χ1v) is 13.3. The molecule has 0 amide bonds. The molecule has 1 aromatic heterocycles. The number of sulfonamides is 1. The topological polar surface area (TPSA) is 55.2 Å². The molecule has 0 spiro atoms. The van der Waals surface area contributed by atoms with Gasteiger partial charge in [-0.3, -0.25) is 0 Å². The van der Waals surface area contributed by atoms with Gasteiger partial charge in [0.05, 0.1) is 15.9 Å². The largest absolute Gasteiger partial charge is 0.319 e. The molecule has 5 rings (SSSR count). The molecule has 2 aliphatic rings. The predicted octanol–water partition coefficient (Wildman–Crippen LogP) is 5.32. The molecule has 1 saturated heterocycles. The van der Waals surface area contributed by atoms with Crippen molar-refractivity contribution in [1.82, 2.24) is 13.9 Å². The molecule has 31 heavy (non-hydrogen) atoms. The first kappa shape index (κ1) is 21.2. The zero-order valence-corrected chi connectivity index (χ0v) is 19.3. The zero-order chi connectivity index (χ0) is 21.6. The Labute approximate surface area is 190 Å². The maximum Gasteiger partial charge on any atom is 0.243 e. The Hall–Kier alpha value is -1.61. The Morgan fingerprint density at radius 2 is 1.94 bits per heavy atom. The van der Waals surface area contributed by atoms with Gasteiger partial charge in [0, 0.05) is 36.0 Å². The van der Waals surface area contributed by atoms with Gasteiger partial charge in [-0.2, -0.15) is 4.31 Å². The van der Waals surface area contributed by atoms with Gasteiger partial charge in [-0.25, -0.2) is 17.8 Å². The number of fused-ring (bicyclic) bond motifs is 1. The van der Waals surface area contributed by atoms with Gasteiger partial charge in [-0.05, 0) is 61.9 Å². The summed E-state index contributed by atoms with van der Waals surface area (Å²) in [4.78, 5) is 5.03. The van der Waals surface area contributed by atoms with Gasteiger partial charge in [0.2, 0.25) is 10.0 Å². The maximum atomic E-state index is 14.2. The third-order valence-corrected chi connectivity index (χ3v) is 9.18. The van der Waals surface area contributed by atoms with Crippen LogP contribution in [0.5, 0.6) is 0 Å². The van der Waals surface area contributed by atoms with Gasteiger partial charge in [-0.15, -0.1) is 0 Å². The molecule has 1 aliphatic heterocycles. The van der Waals surface area contributed by atoms with Gasteiger partial charge in [0.1, 0.15) is 5.82 Å². The Morgan fingerprint density at radius 1 is 1.16 bits per heavy atom. The van der Waals surface area contributed by atoms with E-state index in [0.717, 1.165) is 30.1 Å². The molecule has 5 nitrogen and oxygen atoms in total. The highest BCUT2D eigenvalue weighted by Gasteiger charge is 2.29. The fourth-order valence-electron chi connectivity index (χ4n) is 3.98. The van der Waals surface area contributed by atoms with Gasteiger partial charge in [0.25, 0.3) is 0 Å². The highest BCUT2D eigenvalue weighted by atomic mass is 35.5. The minimum absolute atomic E-state index is 0.284. The fraction of sp³-hybridized carbons (Fsp3) is 0.409. The molecule has 9 heteroatoms. The lowest BCUT2D eigenvalue weighted by Gasteiger charge is -2.15. The maximum absolute atomic E-state index is 14.2. The molecule has 1 aliphatic carbocycles. The first-order chi connectivity index (χ1) is 14.9. The Morgan fingerprint density at radius 3 is 2.65 bits per heavy atom. The molecule has 2 fully saturated rings. The van der Waals surface area contributed by atoms with Crippen LogP contribution in [-0.4, -0.2) is 35.4 Å². The number of imidazole rings is 1. The van der Waals surface area contributed by atoms with E-state index in [1.165, 1.54) is 30.7 Å². The van der Waals surface area contributed by atoms with E-state index < -0.39 is 10.0 Å². The number of hydrogen-bond donors (Lipinski definition) is 0. The van der Waals surface area contributed by atoms with Crippen LogP contribution in [0.15, 0.2) is 46.5 Å². The summed E-state index contributed by atoms with van der Waals surface area (Å²) in [5.41, 5.74) is 2.02. The smallest absolute Gasteiger partial charge is 0.243 e. The van der Waals surface area contributed by atoms with E-state index in [-0.39, 0.29) is 10.7 Å². The molecule has 0 unspecified atom stereocenters. The van der Waals surface area contributed by atoms with E-state index in [4.69, 9.17) is 16.6 Å². The van der Waals surface area contributed by atoms with Crippen LogP contribution in [0.1, 0.15) is 31.2 Å². The Balaban J connectivity index is 1.49. The summed E-state index contributed by atoms with van der Waals surface area (Å²) in [6, 6.07) is 9.90. The van der Waals surface area contributed by atoms with Crippen molar-refractivity contribution in [1.29, 1.82) is 0 Å². The summed E-state index contributed by atoms with van der Waals surface area (Å²) in [5.74, 6) is 0.643. The highest BCUT2D eigenvalue weighted by Crippen LogP contribution is 2.36. The van der Waals surface area contributed by atoms with Crippen molar-refractivity contribution in [2.24, 2.45) is 5.92 Å². The quantitative estimate of drug-likeness (QED) is 0.430. The summed E-state index contributed by atoms with van der Waals surface area (Å²) >= 11 is 7.62. The minimum Gasteiger partial charge on any atom is -0.319 e. The lowest BCUT2D eigenvalue weighted by molar-refractivity contribution is 0.477. The molecule has 2 heterocycles. The minimum atomic E-state index is -3.50. The Bertz CT molecular complexity index is 1210. The number of rotatable bonds is 7. The fourth-order valence-corrected chi connectivity index (χ4v) is 6.88. The van der Waals surface area contributed by atoms with Crippen LogP contribution in [0.4, 0.5) is 4.39 Å². The molecule has 0 N–H and O–H groups in total. The van der Waals surface area contributed by atoms with E-state index in [0.29, 0.717) is 40.9 Å². The van der Waals surface area contributed by atoms with Gasteiger partial charge in [-0.1, -0.05) is 29.4 Å². The van der Waals surface area contributed by atoms with Crippen molar-refractivity contribution in [3.8, 4) is 0 Å². The molecule has 1 saturated carbocycles. The number of halogens is 2. The predicted molar refractivity (Wildman–Crippen MR) is 121 cm³/mol. The third kappa shape index (κ3) is 4.23. The lowest BCUT2D eigenvalue weighted by atomic mass is 10.2. The average molecular weight is 480 g/mol. The molecule has 2 aromatic carbocycles. The summed E-state index contributed by atoms with van der Waals surface area (Å²) in [6.45, 7) is 1.98. The van der Waals surface area contributed by atoms with Crippen molar-refractivity contribution in [3.05, 3.63) is 52.8 Å². The second kappa shape index (κ2) is 8.39. The normalized spacial score (nSPS) is 17.6. The second-order valence-corrected chi connectivity index (χ2v) is 11.5. The van der Waals surface area contributed by atoms with Gasteiger partial charge < -0.3 is 4.57 Å². The monoisotopic (exact) mass is 479 g/mol. The molecular formula is C22H23ClFN3O2S2. The summed E-state index contributed by atoms with van der Waals surface area (Å²) < 4.78 is 43.8. The van der Waals surface area contributed by atoms with E-state index in [1.807, 2.05) is 6.07 Å². The van der Waals surface area contributed by atoms with Crippen LogP contribution in [-0.2, 0) is 22.3 Å². The van der Waals surface area contributed by atoms with E-state index in [9.17, 15) is 12.8 Å². The van der Waals surface area contributed by atoms with Crippen LogP contribution in [0, 0.1) is 11.7 Å². The van der Waals surface area contributed by atoms with E-state index in [2.05, 4.69) is 4.57 Å². The molecule has 164 valence electrons. The van der Waals surface area contributed by atoms with Crippen LogP contribution in [0.3, 0.4) is 0 Å². The average Bonchev–Trinajstić information content (AvgIpc) is 3.25. The van der Waals surface area contributed by atoms with Crippen LogP contribution < -0.4 is 0 Å². The standard InChI is InChI=1S/C22H23ClFN3O2S2/c23-18-4-3-5-19(24)17(18)14-30-22-25-20-12-16(31(28,29)26-10-1-2-11-26)8-9-21(20)27(22)13-15-6-7-15/h3-5,8-9,12,15H,1-2,6-7,10-11,13-14H2. The molecular weight excluding hydrogens is 457 g/mol. The van der Waals surface area contributed by atoms with E-state index in [1.54, 1.807) is 28.6 Å². The van der Waals surface area contributed by atoms with E-state index >= 15 is 0 Å². The first-order valence-electron chi connectivity index (χ1n) is 10.5. The summed E-state index contributed by atoms with van der Waals surface area (Å²) in [6.07, 6.45) is 4.17. The lowest BCUT2D eigenvalue weighted by Crippen LogP contribution is -2.27. The van der Waals surface area contributed by atoms with Crippen molar-refractivity contribution in [2.45, 2.75) is 48.0 Å². The molecule has 0 radical (unpaired) electrons. The van der Waals surface area contributed by atoms with Gasteiger partial charge >= 0.3 is 0 Å². The van der Waals surface area contributed by atoms with Crippen molar-refractivity contribution in [2.75, 3.05) is 13.1 Å². The number of aromatic nitrogens is 2. The van der Waals surface area contributed by atoms with Gasteiger partial charge in [0.15, 0.2) is 5.16 Å². The Kier molecular flexibility index (Phi) is 5.75. The number of benzene rings is 2. The van der Waals surface area contributed by atoms with Crippen LogP contribution in [0.25, 0.3) is 11.0 Å². The summed E-state index contributed by atoms with van der Waals surface area (Å²) in [7, 11) is -3.50. The van der Waals surface area contributed by atoms with Crippen molar-refractivity contribution < 1.29 is 12.8 Å². The van der Waals surface area contributed by atoms with Crippen LogP contribution >= 0.6 is 23.4 Å².